The molecular formula is C16H24FN. The molecule has 0 aromatic heterocycles. The highest BCUT2D eigenvalue weighted by atomic mass is 19.1. The van der Waals surface area contributed by atoms with E-state index < -0.39 is 0 Å². The van der Waals surface area contributed by atoms with Gasteiger partial charge in [-0.25, -0.2) is 4.39 Å². The van der Waals surface area contributed by atoms with Crippen LogP contribution in [0.4, 0.5) is 4.39 Å². The maximum atomic E-state index is 12.9. The van der Waals surface area contributed by atoms with Crippen LogP contribution >= 0.6 is 0 Å². The summed E-state index contributed by atoms with van der Waals surface area (Å²) in [6.07, 6.45) is 8.69. The molecule has 1 aromatic carbocycles. The van der Waals surface area contributed by atoms with Gasteiger partial charge in [-0.15, -0.1) is 0 Å². The molecule has 0 heterocycles. The second kappa shape index (κ2) is 5.83. The first-order chi connectivity index (χ1) is 8.55. The van der Waals surface area contributed by atoms with Gasteiger partial charge in [-0.2, -0.15) is 0 Å². The van der Waals surface area contributed by atoms with Crippen molar-refractivity contribution >= 4 is 0 Å². The zero-order valence-corrected chi connectivity index (χ0v) is 11.3. The van der Waals surface area contributed by atoms with Crippen molar-refractivity contribution < 1.29 is 4.39 Å². The van der Waals surface area contributed by atoms with Crippen molar-refractivity contribution in [2.75, 3.05) is 0 Å². The minimum absolute atomic E-state index is 0.167. The first-order valence-electron chi connectivity index (χ1n) is 7.08. The zero-order chi connectivity index (χ0) is 13.0. The van der Waals surface area contributed by atoms with Crippen LogP contribution in [-0.2, 0) is 6.42 Å². The Balaban J connectivity index is 1.91. The van der Waals surface area contributed by atoms with Crippen LogP contribution in [-0.4, -0.2) is 5.54 Å². The van der Waals surface area contributed by atoms with Gasteiger partial charge >= 0.3 is 0 Å². The molecule has 0 spiro atoms. The van der Waals surface area contributed by atoms with Crippen molar-refractivity contribution in [3.05, 3.63) is 35.6 Å². The predicted molar refractivity (Wildman–Crippen MR) is 73.9 cm³/mol. The van der Waals surface area contributed by atoms with Gasteiger partial charge in [0.25, 0.3) is 0 Å². The summed E-state index contributed by atoms with van der Waals surface area (Å²) in [6.45, 7) is 2.13. The summed E-state index contributed by atoms with van der Waals surface area (Å²) in [5, 5.41) is 0. The van der Waals surface area contributed by atoms with Crippen LogP contribution in [0.15, 0.2) is 24.3 Å². The Kier molecular flexibility index (Phi) is 4.39. The first kappa shape index (κ1) is 13.5. The van der Waals surface area contributed by atoms with Gasteiger partial charge in [0.2, 0.25) is 0 Å². The van der Waals surface area contributed by atoms with E-state index in [2.05, 4.69) is 6.92 Å². The number of nitrogens with two attached hydrogens (primary N) is 1. The number of benzene rings is 1. The summed E-state index contributed by atoms with van der Waals surface area (Å²) in [5.41, 5.74) is 7.39. The highest BCUT2D eigenvalue weighted by molar-refractivity contribution is 5.18. The van der Waals surface area contributed by atoms with Crippen molar-refractivity contribution in [3.8, 4) is 0 Å². The van der Waals surface area contributed by atoms with Gasteiger partial charge < -0.3 is 5.73 Å². The first-order valence-corrected chi connectivity index (χ1v) is 7.08. The van der Waals surface area contributed by atoms with Crippen LogP contribution in [0.25, 0.3) is 0 Å². The highest BCUT2D eigenvalue weighted by Crippen LogP contribution is 2.31. The van der Waals surface area contributed by atoms with Crippen LogP contribution in [0, 0.1) is 11.7 Å². The monoisotopic (exact) mass is 249 g/mol. The molecular weight excluding hydrogens is 225 g/mol. The molecule has 2 heteroatoms. The van der Waals surface area contributed by atoms with Gasteiger partial charge in [0.05, 0.1) is 0 Å². The summed E-state index contributed by atoms with van der Waals surface area (Å²) < 4.78 is 12.9. The largest absolute Gasteiger partial charge is 0.325 e. The molecule has 0 bridgehead atoms. The molecule has 0 aliphatic heterocycles. The van der Waals surface area contributed by atoms with Crippen molar-refractivity contribution in [3.63, 3.8) is 0 Å². The van der Waals surface area contributed by atoms with E-state index in [1.165, 1.54) is 44.2 Å². The van der Waals surface area contributed by atoms with Crippen LogP contribution in [0.1, 0.15) is 51.0 Å². The average Bonchev–Trinajstić information content (AvgIpc) is 2.32. The Morgan fingerprint density at radius 1 is 1.17 bits per heavy atom. The summed E-state index contributed by atoms with van der Waals surface area (Å²) in [7, 11) is 0. The molecule has 0 saturated heterocycles. The molecule has 2 N–H and O–H groups in total. The molecule has 0 amide bonds. The molecule has 2 rings (SSSR count). The average molecular weight is 249 g/mol. The van der Waals surface area contributed by atoms with Gasteiger partial charge in [-0.05, 0) is 43.4 Å². The van der Waals surface area contributed by atoms with Crippen molar-refractivity contribution in [1.82, 2.24) is 0 Å². The molecule has 1 aromatic rings. The van der Waals surface area contributed by atoms with Crippen molar-refractivity contribution in [1.29, 1.82) is 0 Å². The van der Waals surface area contributed by atoms with Gasteiger partial charge in [-0.1, -0.05) is 44.2 Å². The smallest absolute Gasteiger partial charge is 0.123 e. The predicted octanol–water partition coefficient (Wildman–Crippen LogP) is 4.06. The topological polar surface area (TPSA) is 26.0 Å². The SMILES string of the molecule is CC(N)(Cc1ccc(F)cc1)CC1CCCCC1. The number of hydrogen-bond donors (Lipinski definition) is 1. The van der Waals surface area contributed by atoms with Crippen molar-refractivity contribution in [2.24, 2.45) is 11.7 Å². The third-order valence-electron chi connectivity index (χ3n) is 4.00. The van der Waals surface area contributed by atoms with E-state index in [9.17, 15) is 4.39 Å². The zero-order valence-electron chi connectivity index (χ0n) is 11.3. The maximum Gasteiger partial charge on any atom is 0.123 e. The minimum atomic E-state index is -0.176. The van der Waals surface area contributed by atoms with Crippen LogP contribution in [0.3, 0.4) is 0 Å². The molecule has 1 atom stereocenters. The molecule has 18 heavy (non-hydrogen) atoms. The van der Waals surface area contributed by atoms with Crippen molar-refractivity contribution in [2.45, 2.75) is 57.4 Å². The minimum Gasteiger partial charge on any atom is -0.325 e. The Bertz CT molecular complexity index is 363. The van der Waals surface area contributed by atoms with E-state index in [4.69, 9.17) is 5.73 Å². The van der Waals surface area contributed by atoms with E-state index in [0.717, 1.165) is 24.3 Å². The summed E-state index contributed by atoms with van der Waals surface area (Å²) >= 11 is 0. The van der Waals surface area contributed by atoms with E-state index in [1.807, 2.05) is 12.1 Å². The summed E-state index contributed by atoms with van der Waals surface area (Å²) in [6, 6.07) is 6.74. The Morgan fingerprint density at radius 2 is 1.78 bits per heavy atom. The number of rotatable bonds is 4. The van der Waals surface area contributed by atoms with Crippen LogP contribution in [0.5, 0.6) is 0 Å². The Hall–Kier alpha value is -0.890. The third kappa shape index (κ3) is 4.09. The van der Waals surface area contributed by atoms with E-state index in [-0.39, 0.29) is 11.4 Å². The molecule has 1 saturated carbocycles. The van der Waals surface area contributed by atoms with E-state index in [0.29, 0.717) is 0 Å². The van der Waals surface area contributed by atoms with Crippen LogP contribution < -0.4 is 5.73 Å². The highest BCUT2D eigenvalue weighted by Gasteiger charge is 2.25. The van der Waals surface area contributed by atoms with E-state index in [1.54, 1.807) is 0 Å². The molecule has 0 radical (unpaired) electrons. The molecule has 1 aliphatic carbocycles. The lowest BCUT2D eigenvalue weighted by Gasteiger charge is -2.32. The fraction of sp³-hybridized carbons (Fsp3) is 0.625. The standard InChI is InChI=1S/C16H24FN/c1-16(18,11-13-5-3-2-4-6-13)12-14-7-9-15(17)10-8-14/h7-10,13H,2-6,11-12,18H2,1H3. The second-order valence-electron chi connectivity index (χ2n) is 6.17. The fourth-order valence-corrected chi connectivity index (χ4v) is 3.19. The molecule has 1 fully saturated rings. The molecule has 1 unspecified atom stereocenters. The Morgan fingerprint density at radius 3 is 2.39 bits per heavy atom. The lowest BCUT2D eigenvalue weighted by molar-refractivity contribution is 0.268. The summed E-state index contributed by atoms with van der Waals surface area (Å²) in [5.74, 6) is 0.610. The van der Waals surface area contributed by atoms with Gasteiger partial charge in [0.15, 0.2) is 0 Å². The Labute approximate surface area is 110 Å². The number of halogens is 1. The van der Waals surface area contributed by atoms with Gasteiger partial charge in [-0.3, -0.25) is 0 Å². The van der Waals surface area contributed by atoms with Gasteiger partial charge in [0.1, 0.15) is 5.82 Å². The molecule has 1 nitrogen and oxygen atoms in total. The van der Waals surface area contributed by atoms with Crippen LogP contribution in [0.2, 0.25) is 0 Å². The normalized spacial score (nSPS) is 20.6. The van der Waals surface area contributed by atoms with Gasteiger partial charge in [0, 0.05) is 5.54 Å². The molecule has 1 aliphatic rings. The maximum absolute atomic E-state index is 12.9. The lowest BCUT2D eigenvalue weighted by atomic mass is 9.78. The lowest BCUT2D eigenvalue weighted by Crippen LogP contribution is -2.40. The number of hydrogen-bond acceptors (Lipinski definition) is 1. The van der Waals surface area contributed by atoms with E-state index >= 15 is 0 Å². The quantitative estimate of drug-likeness (QED) is 0.855. The fourth-order valence-electron chi connectivity index (χ4n) is 3.19. The second-order valence-corrected chi connectivity index (χ2v) is 6.17. The summed E-state index contributed by atoms with van der Waals surface area (Å²) in [4.78, 5) is 0. The third-order valence-corrected chi connectivity index (χ3v) is 4.00. The molecule has 100 valence electrons.